The molecule has 0 fully saturated rings. The van der Waals surface area contributed by atoms with Gasteiger partial charge in [0.25, 0.3) is 0 Å². The van der Waals surface area contributed by atoms with Gasteiger partial charge in [0.05, 0.1) is 0 Å². The molecule has 32 heavy (non-hydrogen) atoms. The lowest BCUT2D eigenvalue weighted by Gasteiger charge is -2.30. The van der Waals surface area contributed by atoms with Crippen molar-refractivity contribution in [1.29, 1.82) is 0 Å². The summed E-state index contributed by atoms with van der Waals surface area (Å²) in [6.45, 7) is 5.61. The van der Waals surface area contributed by atoms with Crippen molar-refractivity contribution in [3.05, 3.63) is 65.7 Å². The summed E-state index contributed by atoms with van der Waals surface area (Å²) in [4.78, 5) is 21.8. The molecule has 2 aromatic carbocycles. The number of rotatable bonds is 12. The summed E-state index contributed by atoms with van der Waals surface area (Å²) in [5, 5.41) is 9.03. The van der Waals surface area contributed by atoms with Crippen molar-refractivity contribution < 1.29 is 28.6 Å². The fourth-order valence-corrected chi connectivity index (χ4v) is 6.00. The first kappa shape index (κ1) is 26.4. The third-order valence-electron chi connectivity index (χ3n) is 4.83. The first-order valence-corrected chi connectivity index (χ1v) is 13.5. The zero-order valence-electron chi connectivity index (χ0n) is 18.7. The molecule has 1 unspecified atom stereocenters. The Kier molecular flexibility index (Phi) is 9.80. The van der Waals surface area contributed by atoms with E-state index in [1.807, 2.05) is 54.6 Å². The summed E-state index contributed by atoms with van der Waals surface area (Å²) in [5.41, 5.74) is 1.80. The zero-order chi connectivity index (χ0) is 23.8. The van der Waals surface area contributed by atoms with Gasteiger partial charge in [-0.3, -0.25) is 9.36 Å². The largest absolute Gasteiger partial charge is 0.598 e. The molecule has 0 aromatic heterocycles. The molecule has 176 valence electrons. The minimum absolute atomic E-state index is 0.0860. The van der Waals surface area contributed by atoms with Crippen LogP contribution in [0.15, 0.2) is 54.6 Å². The van der Waals surface area contributed by atoms with Gasteiger partial charge >= 0.3 is 5.97 Å². The van der Waals surface area contributed by atoms with E-state index in [9.17, 15) is 18.8 Å². The Morgan fingerprint density at radius 1 is 1.16 bits per heavy atom. The molecule has 0 saturated carbocycles. The van der Waals surface area contributed by atoms with Crippen molar-refractivity contribution in [3.63, 3.8) is 0 Å². The zero-order valence-corrected chi connectivity index (χ0v) is 20.4. The van der Waals surface area contributed by atoms with Gasteiger partial charge in [-0.1, -0.05) is 48.5 Å². The molecule has 0 bridgehead atoms. The second-order valence-corrected chi connectivity index (χ2v) is 13.1. The summed E-state index contributed by atoms with van der Waals surface area (Å²) in [5.74, 6) is -1.52. The molecule has 3 N–H and O–H groups in total. The smallest absolute Gasteiger partial charge is 0.303 e. The maximum Gasteiger partial charge on any atom is 0.303 e. The van der Waals surface area contributed by atoms with Crippen LogP contribution >= 0.6 is 7.37 Å². The Labute approximate surface area is 193 Å². The van der Waals surface area contributed by atoms with Crippen LogP contribution in [0.1, 0.15) is 44.7 Å². The lowest BCUT2D eigenvalue weighted by molar-refractivity contribution is -0.137. The quantitative estimate of drug-likeness (QED) is 0.305. The average Bonchev–Trinajstić information content (AvgIpc) is 2.74. The number of hydrogen-bond acceptors (Lipinski definition) is 5. The molecule has 0 saturated heterocycles. The van der Waals surface area contributed by atoms with Crippen LogP contribution in [0.3, 0.4) is 0 Å². The van der Waals surface area contributed by atoms with Gasteiger partial charge in [0.15, 0.2) is 0 Å². The molecule has 0 aliphatic heterocycles. The van der Waals surface area contributed by atoms with Crippen LogP contribution in [0.5, 0.6) is 5.75 Å². The average molecular weight is 482 g/mol. The second-order valence-electron chi connectivity index (χ2n) is 8.56. The highest BCUT2D eigenvalue weighted by molar-refractivity contribution is 7.91. The number of para-hydroxylation sites is 1. The van der Waals surface area contributed by atoms with Gasteiger partial charge in [-0.15, -0.1) is 4.72 Å². The second kappa shape index (κ2) is 11.9. The molecule has 0 spiro atoms. The van der Waals surface area contributed by atoms with Crippen LogP contribution < -0.4 is 9.46 Å². The summed E-state index contributed by atoms with van der Waals surface area (Å²) in [6, 6.07) is 17.0. The predicted octanol–water partition coefficient (Wildman–Crippen LogP) is 4.32. The van der Waals surface area contributed by atoms with E-state index in [0.29, 0.717) is 12.4 Å². The van der Waals surface area contributed by atoms with Gasteiger partial charge in [-0.2, -0.15) is 0 Å². The highest BCUT2D eigenvalue weighted by Crippen LogP contribution is 2.48. The molecule has 3 atom stereocenters. The topological polar surface area (TPSA) is 119 Å². The van der Waals surface area contributed by atoms with Crippen LogP contribution in [-0.4, -0.2) is 37.2 Å². The number of nitrogens with one attached hydrogen (secondary N) is 1. The summed E-state index contributed by atoms with van der Waals surface area (Å²) >= 11 is -1.61. The van der Waals surface area contributed by atoms with Gasteiger partial charge in [0.2, 0.25) is 7.37 Å². The fourth-order valence-electron chi connectivity index (χ4n) is 2.93. The molecule has 2 rings (SSSR count). The third kappa shape index (κ3) is 8.60. The van der Waals surface area contributed by atoms with Crippen molar-refractivity contribution in [2.45, 2.75) is 57.2 Å². The van der Waals surface area contributed by atoms with E-state index < -0.39 is 35.2 Å². The molecule has 7 nitrogen and oxygen atoms in total. The maximum atomic E-state index is 13.2. The Morgan fingerprint density at radius 2 is 1.78 bits per heavy atom. The Morgan fingerprint density at radius 3 is 2.41 bits per heavy atom. The van der Waals surface area contributed by atoms with Gasteiger partial charge in [0, 0.05) is 23.9 Å². The normalized spacial score (nSPS) is 15.5. The number of aliphatic carboxylic acids is 1. The lowest BCUT2D eigenvalue weighted by Crippen LogP contribution is -2.45. The van der Waals surface area contributed by atoms with Crippen molar-refractivity contribution in [3.8, 4) is 5.75 Å². The van der Waals surface area contributed by atoms with Crippen LogP contribution in [-0.2, 0) is 33.7 Å². The first-order valence-electron chi connectivity index (χ1n) is 10.4. The number of carbonyl (C=O) groups is 1. The Balaban J connectivity index is 2.09. The Hall–Kier alpha value is -1.83. The highest BCUT2D eigenvalue weighted by Gasteiger charge is 2.38. The van der Waals surface area contributed by atoms with Crippen molar-refractivity contribution in [2.75, 3.05) is 6.16 Å². The lowest BCUT2D eigenvalue weighted by atomic mass is 10.1. The highest BCUT2D eigenvalue weighted by atomic mass is 32.2. The molecule has 9 heteroatoms. The molecular formula is C23H32NO6PS. The van der Waals surface area contributed by atoms with E-state index in [2.05, 4.69) is 4.72 Å². The van der Waals surface area contributed by atoms with E-state index in [4.69, 9.17) is 9.84 Å². The van der Waals surface area contributed by atoms with Crippen molar-refractivity contribution in [1.82, 2.24) is 4.72 Å². The Bertz CT molecular complexity index is 918. The number of hydrogen-bond donors (Lipinski definition) is 3. The number of carboxylic acid groups (broad SMARTS) is 1. The molecule has 0 heterocycles. The number of benzene rings is 2. The van der Waals surface area contributed by atoms with Gasteiger partial charge in [0.1, 0.15) is 22.9 Å². The van der Waals surface area contributed by atoms with Crippen LogP contribution in [0.25, 0.3) is 0 Å². The SMILES string of the molecule is CC(C)(C)[S@+]([O-])N[C@H](CCC(=O)O)P(=O)(O)CCc1ccccc1OCc1ccccc1. The van der Waals surface area contributed by atoms with E-state index in [0.717, 1.165) is 11.1 Å². The van der Waals surface area contributed by atoms with E-state index in [1.165, 1.54) is 0 Å². The first-order chi connectivity index (χ1) is 15.0. The number of aryl methyl sites for hydroxylation is 1. The monoisotopic (exact) mass is 481 g/mol. The van der Waals surface area contributed by atoms with Crippen LogP contribution in [0, 0.1) is 0 Å². The number of carboxylic acids is 1. The van der Waals surface area contributed by atoms with Crippen molar-refractivity contribution in [2.24, 2.45) is 0 Å². The third-order valence-corrected chi connectivity index (χ3v) is 8.84. The van der Waals surface area contributed by atoms with Gasteiger partial charge < -0.3 is 19.3 Å². The van der Waals surface area contributed by atoms with Crippen LogP contribution in [0.2, 0.25) is 0 Å². The minimum atomic E-state index is -3.87. The summed E-state index contributed by atoms with van der Waals surface area (Å²) < 4.78 is 33.7. The molecule has 0 aliphatic carbocycles. The molecular weight excluding hydrogens is 449 g/mol. The predicted molar refractivity (Wildman–Crippen MR) is 127 cm³/mol. The van der Waals surface area contributed by atoms with E-state index in [1.54, 1.807) is 20.8 Å². The van der Waals surface area contributed by atoms with Crippen molar-refractivity contribution >= 4 is 24.7 Å². The fraction of sp³-hybridized carbons (Fsp3) is 0.435. The summed E-state index contributed by atoms with van der Waals surface area (Å²) in [7, 11) is -3.87. The van der Waals surface area contributed by atoms with Gasteiger partial charge in [-0.05, 0) is 50.8 Å². The summed E-state index contributed by atoms with van der Waals surface area (Å²) in [6.07, 6.45) is -0.194. The molecule has 2 aromatic rings. The maximum absolute atomic E-state index is 13.2. The molecule has 0 aliphatic rings. The van der Waals surface area contributed by atoms with E-state index >= 15 is 0 Å². The standard InChI is InChI=1S/C23H32NO6PS/c1-23(2,3)32(29)24-21(13-14-22(25)26)31(27,28)16-15-19-11-7-8-12-20(19)30-17-18-9-5-4-6-10-18/h4-12,21,24H,13-17H2,1-3H3,(H,25,26)(H,27,28)/t21-,32-/m0/s1. The molecule has 0 radical (unpaired) electrons. The van der Waals surface area contributed by atoms with Crippen LogP contribution in [0.4, 0.5) is 0 Å². The molecule has 0 amide bonds. The minimum Gasteiger partial charge on any atom is -0.598 e. The number of ether oxygens (including phenoxy) is 1. The van der Waals surface area contributed by atoms with E-state index in [-0.39, 0.29) is 25.4 Å². The van der Waals surface area contributed by atoms with Gasteiger partial charge in [-0.25, -0.2) is 0 Å².